The normalized spacial score (nSPS) is 17.0. The molecule has 0 saturated carbocycles. The Hall–Kier alpha value is -2.28. The van der Waals surface area contributed by atoms with Gasteiger partial charge in [-0.05, 0) is 44.4 Å². The third-order valence-corrected chi connectivity index (χ3v) is 5.56. The van der Waals surface area contributed by atoms with Crippen molar-refractivity contribution in [2.45, 2.75) is 31.8 Å². The first kappa shape index (κ1) is 19.5. The molecule has 2 aromatic rings. The second kappa shape index (κ2) is 9.08. The van der Waals surface area contributed by atoms with Gasteiger partial charge in [0.25, 0.3) is 0 Å². The van der Waals surface area contributed by atoms with E-state index in [9.17, 15) is 9.59 Å². The van der Waals surface area contributed by atoms with Gasteiger partial charge in [-0.15, -0.1) is 0 Å². The molecule has 144 valence electrons. The van der Waals surface area contributed by atoms with Gasteiger partial charge in [-0.25, -0.2) is 4.98 Å². The molecule has 0 bridgehead atoms. The van der Waals surface area contributed by atoms with E-state index in [2.05, 4.69) is 11.1 Å². The molecule has 1 aromatic heterocycles. The Morgan fingerprint density at radius 1 is 1.37 bits per heavy atom. The molecule has 0 radical (unpaired) electrons. The summed E-state index contributed by atoms with van der Waals surface area (Å²) >= 11 is 1.42. The molecule has 1 amide bonds. The molecular formula is C20H25N3O3S. The molecule has 1 unspecified atom stereocenters. The van der Waals surface area contributed by atoms with Crippen LogP contribution in [-0.4, -0.2) is 51.8 Å². The Morgan fingerprint density at radius 3 is 3.00 bits per heavy atom. The van der Waals surface area contributed by atoms with Crippen LogP contribution in [-0.2, 0) is 14.3 Å². The summed E-state index contributed by atoms with van der Waals surface area (Å²) in [6.45, 7) is 5.37. The van der Waals surface area contributed by atoms with Crippen LogP contribution in [0.4, 0.5) is 0 Å². The van der Waals surface area contributed by atoms with Gasteiger partial charge in [-0.1, -0.05) is 23.9 Å². The van der Waals surface area contributed by atoms with E-state index in [-0.39, 0.29) is 17.8 Å². The third-order valence-electron chi connectivity index (χ3n) is 4.61. The number of amides is 1. The van der Waals surface area contributed by atoms with Crippen molar-refractivity contribution in [3.05, 3.63) is 42.2 Å². The van der Waals surface area contributed by atoms with Gasteiger partial charge in [0.05, 0.1) is 18.3 Å². The number of esters is 1. The zero-order valence-corrected chi connectivity index (χ0v) is 16.6. The summed E-state index contributed by atoms with van der Waals surface area (Å²) in [5.41, 5.74) is 2.20. The second-order valence-electron chi connectivity index (χ2n) is 6.64. The van der Waals surface area contributed by atoms with Crippen LogP contribution in [0.15, 0.2) is 41.8 Å². The first-order valence-corrected chi connectivity index (χ1v) is 10.2. The number of hydrogen-bond acceptors (Lipinski definition) is 5. The number of carbonyl (C=O) groups is 2. The SMILES string of the molecule is CCOC(=O)C1CCCN(C(=O)CSc2nccn2-c2cccc(C)c2)C1. The number of thioether (sulfide) groups is 1. The van der Waals surface area contributed by atoms with Crippen molar-refractivity contribution < 1.29 is 14.3 Å². The van der Waals surface area contributed by atoms with Crippen molar-refractivity contribution in [1.82, 2.24) is 14.5 Å². The molecule has 1 aromatic carbocycles. The van der Waals surface area contributed by atoms with Gasteiger partial charge < -0.3 is 9.64 Å². The zero-order chi connectivity index (χ0) is 19.2. The van der Waals surface area contributed by atoms with Crippen LogP contribution in [0.3, 0.4) is 0 Å². The van der Waals surface area contributed by atoms with E-state index in [1.54, 1.807) is 18.0 Å². The minimum absolute atomic E-state index is 0.0350. The number of aryl methyl sites for hydroxylation is 1. The molecule has 2 heterocycles. The number of likely N-dealkylation sites (tertiary alicyclic amines) is 1. The number of piperidine rings is 1. The number of hydrogen-bond donors (Lipinski definition) is 0. The molecule has 0 N–H and O–H groups in total. The van der Waals surface area contributed by atoms with Crippen LogP contribution in [0.2, 0.25) is 0 Å². The number of ether oxygens (including phenoxy) is 1. The average Bonchev–Trinajstić information content (AvgIpc) is 3.15. The average molecular weight is 388 g/mol. The first-order valence-electron chi connectivity index (χ1n) is 9.26. The van der Waals surface area contributed by atoms with Gasteiger partial charge in [-0.3, -0.25) is 14.2 Å². The number of nitrogens with zero attached hydrogens (tertiary/aromatic N) is 3. The fraction of sp³-hybridized carbons (Fsp3) is 0.450. The lowest BCUT2D eigenvalue weighted by Gasteiger charge is -2.31. The fourth-order valence-corrected chi connectivity index (χ4v) is 4.12. The van der Waals surface area contributed by atoms with E-state index in [1.807, 2.05) is 35.9 Å². The molecule has 1 aliphatic rings. The molecule has 3 rings (SSSR count). The van der Waals surface area contributed by atoms with Gasteiger partial charge in [-0.2, -0.15) is 0 Å². The highest BCUT2D eigenvalue weighted by Crippen LogP contribution is 2.23. The molecule has 7 heteroatoms. The van der Waals surface area contributed by atoms with Gasteiger partial charge in [0.1, 0.15) is 0 Å². The predicted molar refractivity (Wildman–Crippen MR) is 105 cm³/mol. The van der Waals surface area contributed by atoms with Crippen LogP contribution in [0, 0.1) is 12.8 Å². The lowest BCUT2D eigenvalue weighted by Crippen LogP contribution is -2.43. The Kier molecular flexibility index (Phi) is 6.55. The van der Waals surface area contributed by atoms with Gasteiger partial charge >= 0.3 is 5.97 Å². The topological polar surface area (TPSA) is 64.4 Å². The molecular weight excluding hydrogens is 362 g/mol. The van der Waals surface area contributed by atoms with Crippen molar-refractivity contribution >= 4 is 23.6 Å². The molecule has 1 fully saturated rings. The second-order valence-corrected chi connectivity index (χ2v) is 7.58. The van der Waals surface area contributed by atoms with Crippen molar-refractivity contribution in [1.29, 1.82) is 0 Å². The molecule has 27 heavy (non-hydrogen) atoms. The van der Waals surface area contributed by atoms with Gasteiger partial charge in [0, 0.05) is 31.2 Å². The van der Waals surface area contributed by atoms with Crippen molar-refractivity contribution in [2.24, 2.45) is 5.92 Å². The van der Waals surface area contributed by atoms with E-state index in [0.717, 1.165) is 23.7 Å². The lowest BCUT2D eigenvalue weighted by atomic mass is 9.98. The highest BCUT2D eigenvalue weighted by atomic mass is 32.2. The Morgan fingerprint density at radius 2 is 2.22 bits per heavy atom. The summed E-state index contributed by atoms with van der Waals surface area (Å²) in [5.74, 6) is -0.0642. The Labute approximate surface area is 163 Å². The molecule has 1 aliphatic heterocycles. The third kappa shape index (κ3) is 4.91. The summed E-state index contributed by atoms with van der Waals surface area (Å²) in [5, 5.41) is 0.785. The van der Waals surface area contributed by atoms with Crippen LogP contribution < -0.4 is 0 Å². The van der Waals surface area contributed by atoms with Gasteiger partial charge in [0.2, 0.25) is 5.91 Å². The summed E-state index contributed by atoms with van der Waals surface area (Å²) < 4.78 is 7.10. The van der Waals surface area contributed by atoms with Crippen LogP contribution in [0.1, 0.15) is 25.3 Å². The number of rotatable bonds is 6. The zero-order valence-electron chi connectivity index (χ0n) is 15.8. The van der Waals surface area contributed by atoms with Crippen molar-refractivity contribution in [3.63, 3.8) is 0 Å². The van der Waals surface area contributed by atoms with Gasteiger partial charge in [0.15, 0.2) is 5.16 Å². The molecule has 1 atom stereocenters. The molecule has 0 spiro atoms. The smallest absolute Gasteiger partial charge is 0.310 e. The molecule has 0 aliphatic carbocycles. The maximum atomic E-state index is 12.6. The first-order chi connectivity index (χ1) is 13.1. The van der Waals surface area contributed by atoms with E-state index in [4.69, 9.17) is 4.74 Å². The van der Waals surface area contributed by atoms with Crippen molar-refractivity contribution in [2.75, 3.05) is 25.4 Å². The maximum Gasteiger partial charge on any atom is 0.310 e. The van der Waals surface area contributed by atoms with E-state index >= 15 is 0 Å². The summed E-state index contributed by atoms with van der Waals surface area (Å²) in [6, 6.07) is 8.16. The van der Waals surface area contributed by atoms with E-state index < -0.39 is 0 Å². The predicted octanol–water partition coefficient (Wildman–Crippen LogP) is 3.07. The lowest BCUT2D eigenvalue weighted by molar-refractivity contribution is -0.151. The Balaban J connectivity index is 1.60. The minimum Gasteiger partial charge on any atom is -0.466 e. The highest BCUT2D eigenvalue weighted by Gasteiger charge is 2.29. The number of aromatic nitrogens is 2. The van der Waals surface area contributed by atoms with E-state index in [1.165, 1.54) is 17.3 Å². The van der Waals surface area contributed by atoms with Crippen LogP contribution in [0.5, 0.6) is 0 Å². The summed E-state index contributed by atoms with van der Waals surface area (Å²) in [4.78, 5) is 30.8. The molecule has 6 nitrogen and oxygen atoms in total. The number of benzene rings is 1. The van der Waals surface area contributed by atoms with Crippen LogP contribution in [0.25, 0.3) is 5.69 Å². The monoisotopic (exact) mass is 387 g/mol. The quantitative estimate of drug-likeness (QED) is 0.563. The molecule has 1 saturated heterocycles. The Bertz CT molecular complexity index is 805. The highest BCUT2D eigenvalue weighted by molar-refractivity contribution is 7.99. The summed E-state index contributed by atoms with van der Waals surface area (Å²) in [7, 11) is 0. The largest absolute Gasteiger partial charge is 0.466 e. The standard InChI is InChI=1S/C20H25N3O3S/c1-3-26-19(25)16-7-5-10-22(13-16)18(24)14-27-20-21-9-11-23(20)17-8-4-6-15(2)12-17/h4,6,8-9,11-12,16H,3,5,7,10,13-14H2,1-2H3. The number of imidazole rings is 1. The number of carbonyl (C=O) groups excluding carboxylic acids is 2. The fourth-order valence-electron chi connectivity index (χ4n) is 3.24. The summed E-state index contributed by atoms with van der Waals surface area (Å²) in [6.07, 6.45) is 5.26. The minimum atomic E-state index is -0.207. The maximum absolute atomic E-state index is 12.6. The van der Waals surface area contributed by atoms with E-state index in [0.29, 0.717) is 25.4 Å². The van der Waals surface area contributed by atoms with Crippen molar-refractivity contribution in [3.8, 4) is 5.69 Å². The van der Waals surface area contributed by atoms with Crippen LogP contribution >= 0.6 is 11.8 Å².